The fraction of sp³-hybridized carbons (Fsp3) is 0.450. The number of carbonyl (C=O) groups is 2. The predicted molar refractivity (Wildman–Crippen MR) is 202 cm³/mol. The summed E-state index contributed by atoms with van der Waals surface area (Å²) in [5, 5.41) is 5.06. The Hall–Kier alpha value is -4.50. The number of fused-ring (bicyclic) bond motifs is 1. The fourth-order valence-corrected chi connectivity index (χ4v) is 5.27. The van der Waals surface area contributed by atoms with Gasteiger partial charge >= 0.3 is 0 Å². The van der Waals surface area contributed by atoms with Gasteiger partial charge < -0.3 is 24.8 Å². The van der Waals surface area contributed by atoms with Crippen molar-refractivity contribution in [2.45, 2.75) is 66.3 Å². The molecule has 0 bridgehead atoms. The van der Waals surface area contributed by atoms with Crippen LogP contribution in [-0.4, -0.2) is 96.8 Å². The zero-order valence-corrected chi connectivity index (χ0v) is 31.1. The van der Waals surface area contributed by atoms with Crippen molar-refractivity contribution in [3.63, 3.8) is 0 Å². The Labute approximate surface area is 294 Å². The first-order valence-corrected chi connectivity index (χ1v) is 17.4. The number of rotatable bonds is 15. The molecular weight excluding hydrogens is 612 g/mol. The van der Waals surface area contributed by atoms with Crippen molar-refractivity contribution >= 4 is 23.0 Å². The number of Topliss-reactive ketones (excluding diaryl/α,β-unsaturated/α-hetero) is 1. The first-order valence-electron chi connectivity index (χ1n) is 17.4. The van der Waals surface area contributed by atoms with E-state index in [1.807, 2.05) is 83.2 Å². The smallest absolute Gasteiger partial charge is 0.207 e. The summed E-state index contributed by atoms with van der Waals surface area (Å²) < 4.78 is 6.22. The molecular formula is C40H58N6O3. The first-order chi connectivity index (χ1) is 23.6. The lowest BCUT2D eigenvalue weighted by atomic mass is 10.0. The first kappa shape index (κ1) is 40.7. The van der Waals surface area contributed by atoms with Crippen LogP contribution in [0.15, 0.2) is 96.3 Å². The van der Waals surface area contributed by atoms with Gasteiger partial charge in [0.2, 0.25) is 6.41 Å². The van der Waals surface area contributed by atoms with Crippen molar-refractivity contribution in [2.75, 3.05) is 53.9 Å². The molecule has 0 radical (unpaired) electrons. The molecule has 0 saturated carbocycles. The summed E-state index contributed by atoms with van der Waals surface area (Å²) in [7, 11) is 6.13. The van der Waals surface area contributed by atoms with Gasteiger partial charge in [0.15, 0.2) is 5.78 Å². The van der Waals surface area contributed by atoms with E-state index in [4.69, 9.17) is 4.74 Å². The molecule has 0 aliphatic carbocycles. The monoisotopic (exact) mass is 670 g/mol. The number of amides is 1. The minimum absolute atomic E-state index is 0.0877. The zero-order chi connectivity index (χ0) is 36.2. The van der Waals surface area contributed by atoms with Crippen LogP contribution in [0.1, 0.15) is 66.0 Å². The molecule has 1 amide bonds. The number of carbonyl (C=O) groups excluding carboxylic acids is 2. The Morgan fingerprint density at radius 1 is 1.10 bits per heavy atom. The number of nitrogens with one attached hydrogen (secondary N) is 1. The number of allylic oxidation sites excluding steroid dienone is 3. The third-order valence-electron chi connectivity index (χ3n) is 8.26. The normalized spacial score (nSPS) is 15.0. The number of nitrogens with zero attached hydrogens (tertiary/aromatic N) is 5. The molecule has 1 aromatic heterocycles. The van der Waals surface area contributed by atoms with E-state index in [9.17, 15) is 9.59 Å². The Balaban J connectivity index is 0.000000505. The molecule has 0 saturated heterocycles. The average molecular weight is 671 g/mol. The van der Waals surface area contributed by atoms with Gasteiger partial charge in [0.05, 0.1) is 11.4 Å². The maximum absolute atomic E-state index is 12.7. The molecule has 0 fully saturated rings. The standard InChI is InChI=1S/C29H32N4O2.C9H20N2O.C2H6/c1-21(28-16-30-13-14-31-28)18-33(4)26(11-9-25-19-32(3)17-22(2)29(25)34)20-35-27-12-10-23-7-5-6-8-24(23)15-27;1-4-11(3)7-5-6-9(2)10-8-12;1-2/h5-17,21H,18-20H2,1-4H3;8-9H,4-7H2,1-3H3,(H,10,12);1-2H3/b25-9+,26-11+;;. The maximum Gasteiger partial charge on any atom is 0.207 e. The Kier molecular flexibility index (Phi) is 18.4. The largest absolute Gasteiger partial charge is 0.487 e. The van der Waals surface area contributed by atoms with Gasteiger partial charge in [0.25, 0.3) is 0 Å². The molecule has 2 unspecified atom stereocenters. The van der Waals surface area contributed by atoms with E-state index in [0.717, 1.165) is 72.6 Å². The highest BCUT2D eigenvalue weighted by atomic mass is 16.5. The summed E-state index contributed by atoms with van der Waals surface area (Å²) in [5.74, 6) is 1.08. The second-order valence-electron chi connectivity index (χ2n) is 12.3. The molecule has 0 spiro atoms. The Morgan fingerprint density at radius 2 is 1.84 bits per heavy atom. The summed E-state index contributed by atoms with van der Waals surface area (Å²) >= 11 is 0. The van der Waals surface area contributed by atoms with Gasteiger partial charge in [0, 0.05) is 75.1 Å². The van der Waals surface area contributed by atoms with Crippen LogP contribution in [0.3, 0.4) is 0 Å². The van der Waals surface area contributed by atoms with Crippen molar-refractivity contribution in [1.29, 1.82) is 0 Å². The van der Waals surface area contributed by atoms with E-state index >= 15 is 0 Å². The van der Waals surface area contributed by atoms with E-state index in [1.165, 1.54) is 5.39 Å². The molecule has 4 rings (SSSR count). The second kappa shape index (κ2) is 22.2. The Bertz CT molecular complexity index is 1520. The number of aromatic nitrogens is 2. The van der Waals surface area contributed by atoms with Crippen molar-refractivity contribution in [3.05, 3.63) is 102 Å². The van der Waals surface area contributed by atoms with Crippen LogP contribution in [0.2, 0.25) is 0 Å². The lowest BCUT2D eigenvalue weighted by molar-refractivity contribution is -0.113. The molecule has 9 heteroatoms. The van der Waals surface area contributed by atoms with E-state index in [-0.39, 0.29) is 11.7 Å². The molecule has 2 aromatic carbocycles. The number of benzene rings is 2. The molecule has 1 aliphatic rings. The van der Waals surface area contributed by atoms with Gasteiger partial charge in [-0.25, -0.2) is 0 Å². The maximum atomic E-state index is 12.7. The fourth-order valence-electron chi connectivity index (χ4n) is 5.27. The highest BCUT2D eigenvalue weighted by Crippen LogP contribution is 2.23. The number of ketones is 1. The minimum Gasteiger partial charge on any atom is -0.487 e. The number of hydrogen-bond acceptors (Lipinski definition) is 8. The van der Waals surface area contributed by atoms with Gasteiger partial charge in [-0.3, -0.25) is 19.6 Å². The summed E-state index contributed by atoms with van der Waals surface area (Å²) in [6, 6.07) is 14.7. The van der Waals surface area contributed by atoms with Gasteiger partial charge in [-0.1, -0.05) is 64.1 Å². The molecule has 49 heavy (non-hydrogen) atoms. The molecule has 9 nitrogen and oxygen atoms in total. The van der Waals surface area contributed by atoms with Crippen LogP contribution in [0.5, 0.6) is 5.75 Å². The average Bonchev–Trinajstić information content (AvgIpc) is 3.11. The van der Waals surface area contributed by atoms with E-state index in [1.54, 1.807) is 18.6 Å². The SMILES string of the molecule is CC.CC1=CN(C)C/C(=C\C=C(/COc2ccc3ccccc3c2)N(C)CC(C)c2cnccn2)C1=O.CCN(C)CCCC(C)NC=O. The molecule has 1 aliphatic heterocycles. The highest BCUT2D eigenvalue weighted by molar-refractivity contribution is 6.09. The quantitative estimate of drug-likeness (QED) is 0.139. The minimum atomic E-state index is 0.0877. The summed E-state index contributed by atoms with van der Waals surface area (Å²) in [6.07, 6.45) is 14.0. The van der Waals surface area contributed by atoms with Gasteiger partial charge in [-0.05, 0) is 75.8 Å². The summed E-state index contributed by atoms with van der Waals surface area (Å²) in [5.41, 5.74) is 3.43. The van der Waals surface area contributed by atoms with Crippen LogP contribution in [0.4, 0.5) is 0 Å². The Morgan fingerprint density at radius 3 is 2.51 bits per heavy atom. The number of hydrogen-bond donors (Lipinski definition) is 1. The number of ether oxygens (including phenoxy) is 1. The van der Waals surface area contributed by atoms with Crippen LogP contribution in [0.25, 0.3) is 10.8 Å². The summed E-state index contributed by atoms with van der Waals surface area (Å²) in [6.45, 7) is 16.1. The van der Waals surface area contributed by atoms with Crippen molar-refractivity contribution in [3.8, 4) is 5.75 Å². The predicted octanol–water partition coefficient (Wildman–Crippen LogP) is 6.85. The number of likely N-dealkylation sites (N-methyl/N-ethyl adjacent to an activating group) is 2. The zero-order valence-electron chi connectivity index (χ0n) is 31.1. The van der Waals surface area contributed by atoms with E-state index in [2.05, 4.69) is 70.2 Å². The highest BCUT2D eigenvalue weighted by Gasteiger charge is 2.19. The third-order valence-corrected chi connectivity index (χ3v) is 8.26. The third kappa shape index (κ3) is 14.3. The lowest BCUT2D eigenvalue weighted by Crippen LogP contribution is -2.27. The van der Waals surface area contributed by atoms with Gasteiger partial charge in [-0.2, -0.15) is 0 Å². The van der Waals surface area contributed by atoms with Crippen LogP contribution >= 0.6 is 0 Å². The summed E-state index contributed by atoms with van der Waals surface area (Å²) in [4.78, 5) is 37.8. The lowest BCUT2D eigenvalue weighted by Gasteiger charge is -2.26. The van der Waals surface area contributed by atoms with Crippen molar-refractivity contribution in [1.82, 2.24) is 30.0 Å². The molecule has 266 valence electrons. The molecule has 3 aromatic rings. The van der Waals surface area contributed by atoms with Crippen LogP contribution in [-0.2, 0) is 9.59 Å². The van der Waals surface area contributed by atoms with Gasteiger partial charge in [0.1, 0.15) is 12.4 Å². The van der Waals surface area contributed by atoms with E-state index in [0.29, 0.717) is 19.2 Å². The van der Waals surface area contributed by atoms with Crippen LogP contribution in [0, 0.1) is 0 Å². The van der Waals surface area contributed by atoms with Crippen LogP contribution < -0.4 is 10.1 Å². The van der Waals surface area contributed by atoms with Gasteiger partial charge in [-0.15, -0.1) is 0 Å². The topological polar surface area (TPSA) is 90.9 Å². The molecule has 2 atom stereocenters. The molecule has 1 N–H and O–H groups in total. The van der Waals surface area contributed by atoms with E-state index < -0.39 is 0 Å². The second-order valence-corrected chi connectivity index (χ2v) is 12.3. The van der Waals surface area contributed by atoms with Crippen molar-refractivity contribution in [2.24, 2.45) is 0 Å². The van der Waals surface area contributed by atoms with Crippen molar-refractivity contribution < 1.29 is 14.3 Å². The molecule has 2 heterocycles.